The molecule has 0 bridgehead atoms. The number of aromatic nitrogens is 3. The fraction of sp³-hybridized carbons (Fsp3) is 0.111. The molecule has 1 aliphatic heterocycles. The molecule has 1 aliphatic rings. The van der Waals surface area contributed by atoms with E-state index in [0.717, 1.165) is 28.0 Å². The minimum atomic E-state index is -3.70. The highest BCUT2D eigenvalue weighted by molar-refractivity contribution is 7.92. The van der Waals surface area contributed by atoms with E-state index in [0.29, 0.717) is 29.6 Å². The minimum absolute atomic E-state index is 0.0813. The highest BCUT2D eigenvalue weighted by Gasteiger charge is 2.30. The summed E-state index contributed by atoms with van der Waals surface area (Å²) in [4.78, 5) is 8.85. The quantitative estimate of drug-likeness (QED) is 0.321. The molecule has 0 saturated heterocycles. The van der Waals surface area contributed by atoms with Crippen molar-refractivity contribution >= 4 is 32.6 Å². The second kappa shape index (κ2) is 8.91. The molecule has 0 fully saturated rings. The SMILES string of the molecule is CC1OCc2c1c1ncnc(N)c1n2-c1ccc(Oc2cccc(NS(=O)(=O)c3ccccc3)c2)cc1. The van der Waals surface area contributed by atoms with Crippen LogP contribution in [0.2, 0.25) is 0 Å². The topological polar surface area (TPSA) is 121 Å². The lowest BCUT2D eigenvalue weighted by molar-refractivity contribution is 0.0783. The maximum Gasteiger partial charge on any atom is 0.261 e. The summed E-state index contributed by atoms with van der Waals surface area (Å²) in [6, 6.07) is 22.5. The normalized spacial score (nSPS) is 15.0. The summed E-state index contributed by atoms with van der Waals surface area (Å²) >= 11 is 0. The van der Waals surface area contributed by atoms with Crippen molar-refractivity contribution in [2.75, 3.05) is 10.5 Å². The molecule has 6 rings (SSSR count). The molecule has 0 radical (unpaired) electrons. The van der Waals surface area contributed by atoms with E-state index in [-0.39, 0.29) is 11.0 Å². The van der Waals surface area contributed by atoms with Gasteiger partial charge in [0.15, 0.2) is 5.82 Å². The number of ether oxygens (including phenoxy) is 2. The van der Waals surface area contributed by atoms with Gasteiger partial charge >= 0.3 is 0 Å². The van der Waals surface area contributed by atoms with Gasteiger partial charge < -0.3 is 19.8 Å². The van der Waals surface area contributed by atoms with Crippen LogP contribution < -0.4 is 15.2 Å². The molecule has 5 aromatic rings. The van der Waals surface area contributed by atoms with Crippen LogP contribution in [0.3, 0.4) is 0 Å². The molecule has 37 heavy (non-hydrogen) atoms. The van der Waals surface area contributed by atoms with E-state index >= 15 is 0 Å². The van der Waals surface area contributed by atoms with Gasteiger partial charge in [-0.25, -0.2) is 18.4 Å². The van der Waals surface area contributed by atoms with Crippen LogP contribution in [0, 0.1) is 0 Å². The van der Waals surface area contributed by atoms with Crippen LogP contribution in [0.15, 0.2) is 90.1 Å². The molecular formula is C27H23N5O4S. The first-order valence-corrected chi connectivity index (χ1v) is 13.1. The molecular weight excluding hydrogens is 490 g/mol. The van der Waals surface area contributed by atoms with Crippen molar-refractivity contribution < 1.29 is 17.9 Å². The third-order valence-corrected chi connectivity index (χ3v) is 7.65. The van der Waals surface area contributed by atoms with Crippen LogP contribution in [0.4, 0.5) is 11.5 Å². The fourth-order valence-corrected chi connectivity index (χ4v) is 5.65. The summed E-state index contributed by atoms with van der Waals surface area (Å²) in [5.74, 6) is 1.49. The number of nitrogens with one attached hydrogen (secondary N) is 1. The zero-order valence-corrected chi connectivity index (χ0v) is 20.6. The molecule has 3 N–H and O–H groups in total. The number of nitrogens with zero attached hydrogens (tertiary/aromatic N) is 3. The molecule has 1 unspecified atom stereocenters. The van der Waals surface area contributed by atoms with Gasteiger partial charge in [0.1, 0.15) is 28.9 Å². The summed E-state index contributed by atoms with van der Waals surface area (Å²) in [6.45, 7) is 2.45. The van der Waals surface area contributed by atoms with Crippen molar-refractivity contribution in [3.05, 3.63) is 96.4 Å². The molecule has 3 aromatic carbocycles. The number of nitrogen functional groups attached to an aromatic ring is 1. The predicted octanol–water partition coefficient (Wildman–Crippen LogP) is 5.19. The maximum absolute atomic E-state index is 12.7. The number of benzene rings is 3. The third kappa shape index (κ3) is 4.15. The monoisotopic (exact) mass is 513 g/mol. The molecule has 10 heteroatoms. The van der Waals surface area contributed by atoms with Crippen molar-refractivity contribution in [3.8, 4) is 17.2 Å². The van der Waals surface area contributed by atoms with Crippen LogP contribution in [-0.2, 0) is 21.4 Å². The first-order valence-electron chi connectivity index (χ1n) is 11.6. The molecule has 9 nitrogen and oxygen atoms in total. The Bertz CT molecular complexity index is 1720. The van der Waals surface area contributed by atoms with Crippen molar-refractivity contribution in [3.63, 3.8) is 0 Å². The standard InChI is InChI=1S/C27H23N5O4S/c1-17-24-23(15-35-17)32(26-25(24)29-16-30-27(26)28)19-10-12-20(13-11-19)36-21-7-5-6-18(14-21)31-37(33,34)22-8-3-2-4-9-22/h2-14,16-17,31H,15H2,1H3,(H2,28,29,30). The molecule has 3 heterocycles. The van der Waals surface area contributed by atoms with Gasteiger partial charge in [-0.2, -0.15) is 0 Å². The molecule has 0 aliphatic carbocycles. The Labute approximate surface area is 213 Å². The first-order chi connectivity index (χ1) is 17.9. The highest BCUT2D eigenvalue weighted by atomic mass is 32.2. The van der Waals surface area contributed by atoms with Gasteiger partial charge in [0.2, 0.25) is 0 Å². The van der Waals surface area contributed by atoms with Gasteiger partial charge in [-0.15, -0.1) is 0 Å². The van der Waals surface area contributed by atoms with E-state index in [1.165, 1.54) is 6.33 Å². The van der Waals surface area contributed by atoms with Gasteiger partial charge in [-0.05, 0) is 55.5 Å². The Morgan fingerprint density at radius 1 is 1.00 bits per heavy atom. The predicted molar refractivity (Wildman–Crippen MR) is 140 cm³/mol. The van der Waals surface area contributed by atoms with Crippen LogP contribution in [0.1, 0.15) is 24.3 Å². The van der Waals surface area contributed by atoms with E-state index in [1.54, 1.807) is 54.6 Å². The maximum atomic E-state index is 12.7. The number of fused-ring (bicyclic) bond motifs is 3. The Kier molecular flexibility index (Phi) is 5.54. The number of sulfonamides is 1. The summed E-state index contributed by atoms with van der Waals surface area (Å²) in [5, 5.41) is 0. The zero-order valence-electron chi connectivity index (χ0n) is 19.8. The lowest BCUT2D eigenvalue weighted by atomic mass is 10.1. The molecule has 1 atom stereocenters. The Morgan fingerprint density at radius 3 is 2.57 bits per heavy atom. The molecule has 0 saturated carbocycles. The van der Waals surface area contributed by atoms with Gasteiger partial charge in [-0.1, -0.05) is 24.3 Å². The summed E-state index contributed by atoms with van der Waals surface area (Å²) in [6.07, 6.45) is 1.39. The lowest BCUT2D eigenvalue weighted by Gasteiger charge is -2.13. The number of hydrogen-bond donors (Lipinski definition) is 2. The summed E-state index contributed by atoms with van der Waals surface area (Å²) < 4.78 is 41.8. The Balaban J connectivity index is 1.27. The molecule has 2 aromatic heterocycles. The number of hydrogen-bond acceptors (Lipinski definition) is 7. The van der Waals surface area contributed by atoms with Crippen LogP contribution >= 0.6 is 0 Å². The van der Waals surface area contributed by atoms with Crippen molar-refractivity contribution in [1.29, 1.82) is 0 Å². The van der Waals surface area contributed by atoms with Crippen molar-refractivity contribution in [1.82, 2.24) is 14.5 Å². The minimum Gasteiger partial charge on any atom is -0.457 e. The smallest absolute Gasteiger partial charge is 0.261 e. The fourth-order valence-electron chi connectivity index (χ4n) is 4.58. The van der Waals surface area contributed by atoms with E-state index in [9.17, 15) is 8.42 Å². The van der Waals surface area contributed by atoms with Gasteiger partial charge in [-0.3, -0.25) is 4.72 Å². The van der Waals surface area contributed by atoms with Gasteiger partial charge in [0.25, 0.3) is 10.0 Å². The van der Waals surface area contributed by atoms with E-state index in [2.05, 4.69) is 14.7 Å². The van der Waals surface area contributed by atoms with E-state index in [1.807, 2.05) is 35.8 Å². The van der Waals surface area contributed by atoms with Crippen LogP contribution in [0.5, 0.6) is 11.5 Å². The molecule has 0 spiro atoms. The van der Waals surface area contributed by atoms with Crippen LogP contribution in [0.25, 0.3) is 16.7 Å². The second-order valence-electron chi connectivity index (χ2n) is 8.65. The summed E-state index contributed by atoms with van der Waals surface area (Å²) in [5.41, 5.74) is 11.1. The average Bonchev–Trinajstić information content (AvgIpc) is 3.44. The molecule has 0 amide bonds. The number of nitrogens with two attached hydrogens (primary N) is 1. The molecule has 186 valence electrons. The van der Waals surface area contributed by atoms with Crippen molar-refractivity contribution in [2.24, 2.45) is 0 Å². The third-order valence-electron chi connectivity index (χ3n) is 6.26. The Morgan fingerprint density at radius 2 is 1.78 bits per heavy atom. The summed E-state index contributed by atoms with van der Waals surface area (Å²) in [7, 11) is -3.70. The van der Waals surface area contributed by atoms with E-state index < -0.39 is 10.0 Å². The Hall–Kier alpha value is -4.41. The largest absolute Gasteiger partial charge is 0.457 e. The number of rotatable bonds is 6. The van der Waals surface area contributed by atoms with Crippen LogP contribution in [-0.4, -0.2) is 23.0 Å². The second-order valence-corrected chi connectivity index (χ2v) is 10.3. The van der Waals surface area contributed by atoms with Crippen molar-refractivity contribution in [2.45, 2.75) is 24.5 Å². The van der Waals surface area contributed by atoms with Gasteiger partial charge in [0, 0.05) is 17.3 Å². The average molecular weight is 514 g/mol. The zero-order chi connectivity index (χ0) is 25.6. The van der Waals surface area contributed by atoms with E-state index in [4.69, 9.17) is 15.2 Å². The van der Waals surface area contributed by atoms with Gasteiger partial charge in [0.05, 0.1) is 29.0 Å². The first kappa shape index (κ1) is 23.0. The lowest BCUT2D eigenvalue weighted by Crippen LogP contribution is -2.12. The number of anilines is 2. The highest BCUT2D eigenvalue weighted by Crippen LogP contribution is 2.41.